The van der Waals surface area contributed by atoms with Gasteiger partial charge in [-0.25, -0.2) is 0 Å². The molecule has 0 bridgehead atoms. The smallest absolute Gasteiger partial charge is 0.307 e. The highest BCUT2D eigenvalue weighted by molar-refractivity contribution is 5.85. The Morgan fingerprint density at radius 2 is 1.56 bits per heavy atom. The largest absolute Gasteiger partial charge is 0.481 e. The first-order valence-corrected chi connectivity index (χ1v) is 7.11. The number of likely N-dealkylation sites (tertiary alicyclic amines) is 1. The molecular formula is C14H23NO3. The van der Waals surface area contributed by atoms with Crippen molar-refractivity contribution in [2.45, 2.75) is 45.4 Å². The lowest BCUT2D eigenvalue weighted by Gasteiger charge is -2.36. The van der Waals surface area contributed by atoms with Crippen molar-refractivity contribution < 1.29 is 14.7 Å². The highest BCUT2D eigenvalue weighted by atomic mass is 16.4. The molecular weight excluding hydrogens is 230 g/mol. The maximum Gasteiger partial charge on any atom is 0.307 e. The third kappa shape index (κ3) is 2.85. The van der Waals surface area contributed by atoms with E-state index in [1.807, 2.05) is 4.90 Å². The number of rotatable bonds is 2. The van der Waals surface area contributed by atoms with Crippen molar-refractivity contribution in [3.63, 3.8) is 0 Å². The summed E-state index contributed by atoms with van der Waals surface area (Å²) in [7, 11) is 0. The van der Waals surface area contributed by atoms with Crippen molar-refractivity contribution >= 4 is 11.9 Å². The number of amides is 1. The summed E-state index contributed by atoms with van der Waals surface area (Å²) in [5.41, 5.74) is 0. The second-order valence-corrected chi connectivity index (χ2v) is 5.84. The molecule has 0 radical (unpaired) electrons. The quantitative estimate of drug-likeness (QED) is 0.820. The van der Waals surface area contributed by atoms with Gasteiger partial charge in [0, 0.05) is 13.1 Å². The van der Waals surface area contributed by atoms with Gasteiger partial charge in [-0.15, -0.1) is 0 Å². The minimum atomic E-state index is -0.793. The van der Waals surface area contributed by atoms with Gasteiger partial charge in [0.1, 0.15) is 0 Å². The molecule has 0 aromatic heterocycles. The first-order valence-electron chi connectivity index (χ1n) is 7.11. The summed E-state index contributed by atoms with van der Waals surface area (Å²) in [6.07, 6.45) is 5.45. The van der Waals surface area contributed by atoms with E-state index in [1.165, 1.54) is 0 Å². The van der Waals surface area contributed by atoms with Gasteiger partial charge in [0.15, 0.2) is 0 Å². The number of carbonyl (C=O) groups is 2. The number of carboxylic acid groups (broad SMARTS) is 1. The normalized spacial score (nSPS) is 30.2. The Bertz CT molecular complexity index is 321. The van der Waals surface area contributed by atoms with Crippen LogP contribution in [0.5, 0.6) is 0 Å². The molecule has 2 unspecified atom stereocenters. The van der Waals surface area contributed by atoms with Crippen LogP contribution in [0.1, 0.15) is 45.4 Å². The number of nitrogens with zero attached hydrogens (tertiary/aromatic N) is 1. The molecule has 4 nitrogen and oxygen atoms in total. The van der Waals surface area contributed by atoms with Crippen LogP contribution in [0.25, 0.3) is 0 Å². The van der Waals surface area contributed by atoms with Crippen LogP contribution < -0.4 is 0 Å². The van der Waals surface area contributed by atoms with Gasteiger partial charge in [-0.1, -0.05) is 19.8 Å². The number of aliphatic carboxylic acids is 1. The molecule has 1 saturated carbocycles. The van der Waals surface area contributed by atoms with E-state index in [0.29, 0.717) is 12.3 Å². The van der Waals surface area contributed by atoms with Crippen LogP contribution in [0.3, 0.4) is 0 Å². The topological polar surface area (TPSA) is 57.6 Å². The van der Waals surface area contributed by atoms with Gasteiger partial charge >= 0.3 is 5.97 Å². The number of hydrogen-bond acceptors (Lipinski definition) is 2. The number of carbonyl (C=O) groups excluding carboxylic acids is 1. The molecule has 4 heteroatoms. The van der Waals surface area contributed by atoms with E-state index >= 15 is 0 Å². The standard InChI is InChI=1S/C14H23NO3/c1-10-6-8-15(9-7-10)13(16)11-4-2-3-5-12(11)14(17)18/h10-12H,2-9H2,1H3,(H,17,18). The molecule has 1 aliphatic heterocycles. The molecule has 1 heterocycles. The van der Waals surface area contributed by atoms with E-state index in [1.54, 1.807) is 0 Å². The molecule has 0 aromatic carbocycles. The zero-order chi connectivity index (χ0) is 13.1. The van der Waals surface area contributed by atoms with Gasteiger partial charge in [0.2, 0.25) is 5.91 Å². The van der Waals surface area contributed by atoms with Gasteiger partial charge in [0.05, 0.1) is 11.8 Å². The first-order chi connectivity index (χ1) is 8.59. The summed E-state index contributed by atoms with van der Waals surface area (Å²) in [5, 5.41) is 9.23. The van der Waals surface area contributed by atoms with Crippen LogP contribution >= 0.6 is 0 Å². The van der Waals surface area contributed by atoms with E-state index in [2.05, 4.69) is 6.92 Å². The van der Waals surface area contributed by atoms with E-state index in [9.17, 15) is 14.7 Å². The van der Waals surface area contributed by atoms with Crippen molar-refractivity contribution in [1.82, 2.24) is 4.90 Å². The monoisotopic (exact) mass is 253 g/mol. The summed E-state index contributed by atoms with van der Waals surface area (Å²) in [6, 6.07) is 0. The Kier molecular flexibility index (Phi) is 4.25. The molecule has 2 aliphatic rings. The maximum atomic E-state index is 12.4. The van der Waals surface area contributed by atoms with Crippen LogP contribution in [-0.2, 0) is 9.59 Å². The fourth-order valence-electron chi connectivity index (χ4n) is 3.19. The van der Waals surface area contributed by atoms with Gasteiger partial charge in [0.25, 0.3) is 0 Å². The molecule has 2 rings (SSSR count). The van der Waals surface area contributed by atoms with Gasteiger partial charge in [-0.2, -0.15) is 0 Å². The number of hydrogen-bond donors (Lipinski definition) is 1. The molecule has 0 aromatic rings. The predicted octanol–water partition coefficient (Wildman–Crippen LogP) is 2.14. The third-order valence-electron chi connectivity index (χ3n) is 4.50. The minimum absolute atomic E-state index is 0.0917. The molecule has 0 spiro atoms. The zero-order valence-corrected chi connectivity index (χ0v) is 11.1. The Labute approximate surface area is 108 Å². The molecule has 1 amide bonds. The average Bonchev–Trinajstić information content (AvgIpc) is 2.39. The second-order valence-electron chi connectivity index (χ2n) is 5.84. The fraction of sp³-hybridized carbons (Fsp3) is 0.857. The van der Waals surface area contributed by atoms with Gasteiger partial charge in [-0.3, -0.25) is 9.59 Å². The number of carboxylic acids is 1. The van der Waals surface area contributed by atoms with Crippen molar-refractivity contribution in [1.29, 1.82) is 0 Å². The SMILES string of the molecule is CC1CCN(C(=O)C2CCCCC2C(=O)O)CC1. The molecule has 18 heavy (non-hydrogen) atoms. The molecule has 2 atom stereocenters. The highest BCUT2D eigenvalue weighted by Crippen LogP contribution is 2.32. The van der Waals surface area contributed by atoms with E-state index in [-0.39, 0.29) is 11.8 Å². The molecule has 2 fully saturated rings. The van der Waals surface area contributed by atoms with E-state index in [0.717, 1.165) is 45.2 Å². The highest BCUT2D eigenvalue weighted by Gasteiger charge is 2.38. The Morgan fingerprint density at radius 3 is 2.11 bits per heavy atom. The van der Waals surface area contributed by atoms with Crippen molar-refractivity contribution in [3.8, 4) is 0 Å². The van der Waals surface area contributed by atoms with E-state index < -0.39 is 11.9 Å². The Balaban J connectivity index is 2.00. The van der Waals surface area contributed by atoms with Crippen LogP contribution in [0.2, 0.25) is 0 Å². The summed E-state index contributed by atoms with van der Waals surface area (Å²) in [5.74, 6) is -0.738. The summed E-state index contributed by atoms with van der Waals surface area (Å²) >= 11 is 0. The summed E-state index contributed by atoms with van der Waals surface area (Å²) in [6.45, 7) is 3.83. The fourth-order valence-corrected chi connectivity index (χ4v) is 3.19. The average molecular weight is 253 g/mol. The van der Waals surface area contributed by atoms with Crippen LogP contribution in [0.15, 0.2) is 0 Å². The van der Waals surface area contributed by atoms with Crippen LogP contribution in [-0.4, -0.2) is 35.0 Å². The zero-order valence-electron chi connectivity index (χ0n) is 11.1. The van der Waals surface area contributed by atoms with Gasteiger partial charge in [-0.05, 0) is 31.6 Å². The second kappa shape index (κ2) is 5.72. The summed E-state index contributed by atoms with van der Waals surface area (Å²) < 4.78 is 0. The van der Waals surface area contributed by atoms with Crippen LogP contribution in [0, 0.1) is 17.8 Å². The lowest BCUT2D eigenvalue weighted by atomic mass is 9.78. The minimum Gasteiger partial charge on any atom is -0.481 e. The first kappa shape index (κ1) is 13.4. The number of piperidine rings is 1. The van der Waals surface area contributed by atoms with Gasteiger partial charge < -0.3 is 10.0 Å². The van der Waals surface area contributed by atoms with Crippen LogP contribution in [0.4, 0.5) is 0 Å². The predicted molar refractivity (Wildman–Crippen MR) is 68.1 cm³/mol. The molecule has 1 saturated heterocycles. The lowest BCUT2D eigenvalue weighted by molar-refractivity contribution is -0.152. The van der Waals surface area contributed by atoms with Crippen molar-refractivity contribution in [2.24, 2.45) is 17.8 Å². The lowest BCUT2D eigenvalue weighted by Crippen LogP contribution is -2.45. The summed E-state index contributed by atoms with van der Waals surface area (Å²) in [4.78, 5) is 25.6. The van der Waals surface area contributed by atoms with Crippen molar-refractivity contribution in [2.75, 3.05) is 13.1 Å². The maximum absolute atomic E-state index is 12.4. The third-order valence-corrected chi connectivity index (χ3v) is 4.50. The van der Waals surface area contributed by atoms with E-state index in [4.69, 9.17) is 0 Å². The molecule has 1 aliphatic carbocycles. The Hall–Kier alpha value is -1.06. The molecule has 1 N–H and O–H groups in total. The molecule has 102 valence electrons. The van der Waals surface area contributed by atoms with Crippen molar-refractivity contribution in [3.05, 3.63) is 0 Å². The Morgan fingerprint density at radius 1 is 1.00 bits per heavy atom.